The summed E-state index contributed by atoms with van der Waals surface area (Å²) in [5, 5.41) is 0. The smallest absolute Gasteiger partial charge is 0.351 e. The van der Waals surface area contributed by atoms with Crippen molar-refractivity contribution in [3.8, 4) is 0 Å². The minimum Gasteiger partial charge on any atom is -0.463 e. The van der Waals surface area contributed by atoms with Crippen molar-refractivity contribution in [1.29, 1.82) is 0 Å². The molecule has 0 aliphatic carbocycles. The van der Waals surface area contributed by atoms with E-state index in [1.807, 2.05) is 0 Å². The minimum absolute atomic E-state index is 0.0801. The van der Waals surface area contributed by atoms with Crippen LogP contribution in [0.3, 0.4) is 0 Å². The average Bonchev–Trinajstić information content (AvgIpc) is 2.82. The zero-order valence-corrected chi connectivity index (χ0v) is 12.5. The average molecular weight is 329 g/mol. The van der Waals surface area contributed by atoms with E-state index in [9.17, 15) is 18.8 Å². The van der Waals surface area contributed by atoms with E-state index in [-0.39, 0.29) is 13.0 Å². The van der Waals surface area contributed by atoms with E-state index in [1.165, 1.54) is 13.8 Å². The Morgan fingerprint density at radius 1 is 1.48 bits per heavy atom. The van der Waals surface area contributed by atoms with Crippen LogP contribution < -0.4 is 11.4 Å². The molecule has 10 heteroatoms. The van der Waals surface area contributed by atoms with Gasteiger partial charge < -0.3 is 19.9 Å². The van der Waals surface area contributed by atoms with E-state index in [0.717, 1.165) is 10.8 Å². The van der Waals surface area contributed by atoms with Gasteiger partial charge in [0.2, 0.25) is 0 Å². The Bertz CT molecular complexity index is 676. The lowest BCUT2D eigenvalue weighted by Crippen LogP contribution is -2.34. The summed E-state index contributed by atoms with van der Waals surface area (Å²) in [6.45, 7) is 2.35. The molecule has 1 aromatic heterocycles. The molecule has 9 nitrogen and oxygen atoms in total. The molecule has 0 aromatic carbocycles. The second-order valence-electron chi connectivity index (χ2n) is 5.00. The Hall–Kier alpha value is -2.49. The molecule has 126 valence electrons. The summed E-state index contributed by atoms with van der Waals surface area (Å²) in [5.41, 5.74) is 4.38. The van der Waals surface area contributed by atoms with Crippen molar-refractivity contribution < 1.29 is 28.2 Å². The first-order valence-electron chi connectivity index (χ1n) is 6.78. The zero-order chi connectivity index (χ0) is 17.1. The van der Waals surface area contributed by atoms with Gasteiger partial charge in [0.25, 0.3) is 0 Å². The van der Waals surface area contributed by atoms with Crippen molar-refractivity contribution in [2.24, 2.45) is 0 Å². The van der Waals surface area contributed by atoms with Gasteiger partial charge in [-0.3, -0.25) is 14.2 Å². The maximum absolute atomic E-state index is 13.6. The number of esters is 2. The van der Waals surface area contributed by atoms with Crippen LogP contribution in [0.4, 0.5) is 10.2 Å². The summed E-state index contributed by atoms with van der Waals surface area (Å²) in [4.78, 5) is 37.3. The number of rotatable bonds is 4. The third-order valence-electron chi connectivity index (χ3n) is 3.14. The lowest BCUT2D eigenvalue weighted by atomic mass is 10.2. The van der Waals surface area contributed by atoms with Gasteiger partial charge in [0.05, 0.1) is 12.3 Å². The number of carbonyl (C=O) groups excluding carboxylic acids is 2. The predicted octanol–water partition coefficient (Wildman–Crippen LogP) is -0.253. The normalized spacial score (nSPS) is 23.5. The maximum atomic E-state index is 13.6. The van der Waals surface area contributed by atoms with Crippen molar-refractivity contribution in [2.75, 3.05) is 12.3 Å². The van der Waals surface area contributed by atoms with Crippen LogP contribution in [-0.2, 0) is 23.8 Å². The summed E-state index contributed by atoms with van der Waals surface area (Å²) < 4.78 is 29.9. The van der Waals surface area contributed by atoms with Crippen LogP contribution in [0.5, 0.6) is 0 Å². The molecule has 23 heavy (non-hydrogen) atoms. The number of carbonyl (C=O) groups is 2. The van der Waals surface area contributed by atoms with E-state index >= 15 is 0 Å². The lowest BCUT2D eigenvalue weighted by molar-refractivity contribution is -0.153. The second-order valence-corrected chi connectivity index (χ2v) is 5.00. The number of anilines is 1. The molecule has 0 saturated carbocycles. The van der Waals surface area contributed by atoms with Crippen molar-refractivity contribution >= 4 is 17.8 Å². The Balaban J connectivity index is 2.26. The molecule has 2 rings (SSSR count). The summed E-state index contributed by atoms with van der Waals surface area (Å²) in [5.74, 6) is -2.53. The Morgan fingerprint density at radius 2 is 2.17 bits per heavy atom. The molecule has 0 amide bonds. The summed E-state index contributed by atoms with van der Waals surface area (Å²) >= 11 is 0. The fourth-order valence-corrected chi connectivity index (χ4v) is 2.24. The summed E-state index contributed by atoms with van der Waals surface area (Å²) in [6.07, 6.45) is -1.54. The van der Waals surface area contributed by atoms with Crippen LogP contribution in [0.1, 0.15) is 26.5 Å². The Kier molecular flexibility index (Phi) is 4.94. The van der Waals surface area contributed by atoms with Crippen LogP contribution >= 0.6 is 0 Å². The zero-order valence-electron chi connectivity index (χ0n) is 12.5. The number of hydrogen-bond donors (Lipinski definition) is 1. The highest BCUT2D eigenvalue weighted by Gasteiger charge is 2.40. The van der Waals surface area contributed by atoms with Gasteiger partial charge >= 0.3 is 17.6 Å². The molecule has 1 fully saturated rings. The highest BCUT2D eigenvalue weighted by molar-refractivity contribution is 5.66. The van der Waals surface area contributed by atoms with E-state index in [1.54, 1.807) is 0 Å². The van der Waals surface area contributed by atoms with E-state index in [0.29, 0.717) is 0 Å². The van der Waals surface area contributed by atoms with Crippen LogP contribution in [-0.4, -0.2) is 40.3 Å². The number of halogens is 1. The van der Waals surface area contributed by atoms with E-state index < -0.39 is 47.7 Å². The number of nitrogen functional groups attached to an aromatic ring is 1. The van der Waals surface area contributed by atoms with Crippen LogP contribution in [0, 0.1) is 5.82 Å². The monoisotopic (exact) mass is 329 g/mol. The van der Waals surface area contributed by atoms with Crippen LogP contribution in [0.25, 0.3) is 0 Å². The highest BCUT2D eigenvalue weighted by Crippen LogP contribution is 2.31. The molecule has 1 aliphatic rings. The van der Waals surface area contributed by atoms with Gasteiger partial charge in [-0.15, -0.1) is 0 Å². The largest absolute Gasteiger partial charge is 0.463 e. The quantitative estimate of drug-likeness (QED) is 0.750. The van der Waals surface area contributed by atoms with Crippen molar-refractivity contribution in [1.82, 2.24) is 9.55 Å². The van der Waals surface area contributed by atoms with Gasteiger partial charge in [-0.2, -0.15) is 4.98 Å². The van der Waals surface area contributed by atoms with Gasteiger partial charge in [-0.05, 0) is 0 Å². The maximum Gasteiger partial charge on any atom is 0.351 e. The fourth-order valence-electron chi connectivity index (χ4n) is 2.24. The molecule has 1 aliphatic heterocycles. The molecule has 0 unspecified atom stereocenters. The van der Waals surface area contributed by atoms with Crippen molar-refractivity contribution in [3.63, 3.8) is 0 Å². The molecule has 2 N–H and O–H groups in total. The molecule has 0 bridgehead atoms. The number of nitrogens with two attached hydrogens (primary N) is 1. The SMILES string of the molecule is CC(=O)OC[C@@H]1C[C@@H](OC(C)=O)[C@H](n2cc(F)c(N)nc2=O)O1. The van der Waals surface area contributed by atoms with E-state index in [2.05, 4.69) is 4.98 Å². The first kappa shape index (κ1) is 16.9. The first-order chi connectivity index (χ1) is 10.8. The molecule has 1 aromatic rings. The topological polar surface area (TPSA) is 123 Å². The van der Waals surface area contributed by atoms with Crippen molar-refractivity contribution in [3.05, 3.63) is 22.5 Å². The Labute approximate surface area is 130 Å². The molecule has 0 radical (unpaired) electrons. The van der Waals surface area contributed by atoms with E-state index in [4.69, 9.17) is 19.9 Å². The van der Waals surface area contributed by atoms with Gasteiger partial charge in [0, 0.05) is 20.3 Å². The summed E-state index contributed by atoms with van der Waals surface area (Å²) in [7, 11) is 0. The number of aromatic nitrogens is 2. The molecule has 1 saturated heterocycles. The highest BCUT2D eigenvalue weighted by atomic mass is 19.1. The second kappa shape index (κ2) is 6.73. The standard InChI is InChI=1S/C13H16FN3O6/c1-6(18)21-5-8-3-10(22-7(2)19)12(23-8)17-4-9(14)11(15)16-13(17)20/h4,8,10,12H,3,5H2,1-2H3,(H2,15,16,20)/t8-,10+,12+/m0/s1. The molecular formula is C13H16FN3O6. The first-order valence-corrected chi connectivity index (χ1v) is 6.78. The van der Waals surface area contributed by atoms with Gasteiger partial charge in [0.15, 0.2) is 17.9 Å². The molecule has 2 heterocycles. The number of ether oxygens (including phenoxy) is 3. The Morgan fingerprint density at radius 3 is 2.78 bits per heavy atom. The van der Waals surface area contributed by atoms with Gasteiger partial charge in [0.1, 0.15) is 12.7 Å². The van der Waals surface area contributed by atoms with Gasteiger partial charge in [-0.1, -0.05) is 0 Å². The molecule has 3 atom stereocenters. The number of nitrogens with zero attached hydrogens (tertiary/aromatic N) is 2. The number of hydrogen-bond acceptors (Lipinski definition) is 8. The fraction of sp³-hybridized carbons (Fsp3) is 0.538. The molecular weight excluding hydrogens is 313 g/mol. The minimum atomic E-state index is -1.09. The molecule has 0 spiro atoms. The van der Waals surface area contributed by atoms with Gasteiger partial charge in [-0.25, -0.2) is 9.18 Å². The third kappa shape index (κ3) is 4.03. The van der Waals surface area contributed by atoms with Crippen molar-refractivity contribution in [2.45, 2.75) is 38.7 Å². The summed E-state index contributed by atoms with van der Waals surface area (Å²) in [6, 6.07) is 0. The van der Waals surface area contributed by atoms with Crippen LogP contribution in [0.2, 0.25) is 0 Å². The lowest BCUT2D eigenvalue weighted by Gasteiger charge is -2.20. The third-order valence-corrected chi connectivity index (χ3v) is 3.14. The predicted molar refractivity (Wildman–Crippen MR) is 73.6 cm³/mol. The van der Waals surface area contributed by atoms with Crippen LogP contribution in [0.15, 0.2) is 11.0 Å².